The van der Waals surface area contributed by atoms with Gasteiger partial charge >= 0.3 is 0 Å². The van der Waals surface area contributed by atoms with E-state index in [1.54, 1.807) is 6.07 Å². The number of aliphatic hydroxyl groups excluding tert-OH is 2. The molecule has 8 heteroatoms. The van der Waals surface area contributed by atoms with E-state index in [9.17, 15) is 15.0 Å². The molecule has 4 atom stereocenters. The molecular formula is C10H10N4O4. The van der Waals surface area contributed by atoms with E-state index >= 15 is 0 Å². The molecule has 2 bridgehead atoms. The van der Waals surface area contributed by atoms with E-state index in [1.165, 1.54) is 15.3 Å². The van der Waals surface area contributed by atoms with Gasteiger partial charge in [-0.25, -0.2) is 4.68 Å². The van der Waals surface area contributed by atoms with Gasteiger partial charge in [-0.05, 0) is 6.07 Å². The van der Waals surface area contributed by atoms with Gasteiger partial charge in [0.25, 0.3) is 5.56 Å². The Bertz CT molecular complexity index is 693. The molecule has 0 amide bonds. The number of rotatable bonds is 0. The molecular weight excluding hydrogens is 240 g/mol. The summed E-state index contributed by atoms with van der Waals surface area (Å²) in [4.78, 5) is 12.0. The monoisotopic (exact) mass is 250 g/mol. The summed E-state index contributed by atoms with van der Waals surface area (Å²) in [5.74, 6) is 0. The van der Waals surface area contributed by atoms with Crippen molar-refractivity contribution in [1.29, 1.82) is 0 Å². The summed E-state index contributed by atoms with van der Waals surface area (Å²) in [5, 5.41) is 27.7. The number of aliphatic hydroxyl groups is 2. The Kier molecular flexibility index (Phi) is 1.79. The minimum absolute atomic E-state index is 0.259. The molecule has 2 aromatic rings. The van der Waals surface area contributed by atoms with E-state index in [-0.39, 0.29) is 12.1 Å². The van der Waals surface area contributed by atoms with E-state index in [2.05, 4.69) is 10.3 Å². The fraction of sp³-hybridized carbons (Fsp3) is 0.500. The highest BCUT2D eigenvalue weighted by atomic mass is 16.6. The number of nitrogens with zero attached hydrogens (tertiary/aromatic N) is 4. The van der Waals surface area contributed by atoms with Crippen LogP contribution in [0.25, 0.3) is 11.2 Å². The second-order valence-electron chi connectivity index (χ2n) is 4.57. The lowest BCUT2D eigenvalue weighted by molar-refractivity contribution is -0.0351. The van der Waals surface area contributed by atoms with Gasteiger partial charge in [0.1, 0.15) is 23.8 Å². The first-order valence-corrected chi connectivity index (χ1v) is 5.63. The summed E-state index contributed by atoms with van der Waals surface area (Å²) >= 11 is 0. The molecule has 2 N–H and O–H groups in total. The van der Waals surface area contributed by atoms with Crippen molar-refractivity contribution in [3.8, 4) is 0 Å². The predicted octanol–water partition coefficient (Wildman–Crippen LogP) is -1.77. The summed E-state index contributed by atoms with van der Waals surface area (Å²) < 4.78 is 8.36. The van der Waals surface area contributed by atoms with E-state index in [4.69, 9.17) is 4.74 Å². The highest BCUT2D eigenvalue weighted by molar-refractivity contribution is 5.70. The molecule has 0 spiro atoms. The molecule has 0 saturated carbocycles. The minimum atomic E-state index is -1.12. The molecule has 2 aliphatic heterocycles. The quantitative estimate of drug-likeness (QED) is 0.573. The van der Waals surface area contributed by atoms with Crippen LogP contribution >= 0.6 is 0 Å². The third-order valence-corrected chi connectivity index (χ3v) is 3.53. The first-order chi connectivity index (χ1) is 8.66. The van der Waals surface area contributed by atoms with Crippen LogP contribution in [0.5, 0.6) is 0 Å². The minimum Gasteiger partial charge on any atom is -0.387 e. The molecule has 1 saturated heterocycles. The van der Waals surface area contributed by atoms with Gasteiger partial charge < -0.3 is 14.9 Å². The number of fused-ring (bicyclic) bond motifs is 3. The second-order valence-corrected chi connectivity index (χ2v) is 4.57. The van der Waals surface area contributed by atoms with E-state index in [1.807, 2.05) is 0 Å². The van der Waals surface area contributed by atoms with Gasteiger partial charge in [-0.3, -0.25) is 9.36 Å². The molecule has 0 radical (unpaired) electrons. The van der Waals surface area contributed by atoms with Crippen molar-refractivity contribution in [3.63, 3.8) is 0 Å². The van der Waals surface area contributed by atoms with Crippen molar-refractivity contribution < 1.29 is 14.9 Å². The largest absolute Gasteiger partial charge is 0.387 e. The van der Waals surface area contributed by atoms with E-state index in [0.717, 1.165) is 0 Å². The Morgan fingerprint density at radius 3 is 3.00 bits per heavy atom. The lowest BCUT2D eigenvalue weighted by Gasteiger charge is -2.19. The van der Waals surface area contributed by atoms with E-state index < -0.39 is 24.5 Å². The molecule has 0 aliphatic carbocycles. The smallest absolute Gasteiger partial charge is 0.254 e. The number of hydrogen-bond donors (Lipinski definition) is 2. The number of hydrogen-bond acceptors (Lipinski definition) is 6. The first-order valence-electron chi connectivity index (χ1n) is 5.63. The molecule has 18 heavy (non-hydrogen) atoms. The number of aromatic nitrogens is 4. The zero-order valence-corrected chi connectivity index (χ0v) is 9.17. The van der Waals surface area contributed by atoms with Crippen molar-refractivity contribution in [2.24, 2.45) is 0 Å². The maximum absolute atomic E-state index is 12.0. The van der Waals surface area contributed by atoms with Crippen molar-refractivity contribution in [1.82, 2.24) is 19.6 Å². The number of pyridine rings is 1. The van der Waals surface area contributed by atoms with E-state index in [0.29, 0.717) is 11.2 Å². The van der Waals surface area contributed by atoms with Crippen molar-refractivity contribution >= 4 is 11.2 Å². The molecule has 2 unspecified atom stereocenters. The molecule has 94 valence electrons. The van der Waals surface area contributed by atoms with Crippen LogP contribution in [-0.2, 0) is 11.3 Å². The highest BCUT2D eigenvalue weighted by Gasteiger charge is 2.47. The summed E-state index contributed by atoms with van der Waals surface area (Å²) in [7, 11) is 0. The Hall–Kier alpha value is -1.77. The fourth-order valence-electron chi connectivity index (χ4n) is 2.64. The Morgan fingerprint density at radius 1 is 1.33 bits per heavy atom. The van der Waals surface area contributed by atoms with Crippen LogP contribution in [0, 0.1) is 0 Å². The highest BCUT2D eigenvalue weighted by Crippen LogP contribution is 2.33. The third-order valence-electron chi connectivity index (χ3n) is 3.53. The van der Waals surface area contributed by atoms with Crippen LogP contribution < -0.4 is 5.56 Å². The third kappa shape index (κ3) is 1.07. The average Bonchev–Trinajstić information content (AvgIpc) is 2.80. The van der Waals surface area contributed by atoms with Gasteiger partial charge in [-0.1, -0.05) is 5.21 Å². The van der Waals surface area contributed by atoms with Crippen LogP contribution in [0.3, 0.4) is 0 Å². The summed E-state index contributed by atoms with van der Waals surface area (Å²) in [5.41, 5.74) is 0.762. The normalized spacial score (nSPS) is 33.9. The van der Waals surface area contributed by atoms with Crippen LogP contribution in [0.15, 0.2) is 16.9 Å². The molecule has 4 heterocycles. The van der Waals surface area contributed by atoms with Crippen LogP contribution in [0.2, 0.25) is 0 Å². The Balaban J connectivity index is 2.10. The topological polar surface area (TPSA) is 102 Å². The zero-order valence-electron chi connectivity index (χ0n) is 9.17. The number of ether oxygens (including phenoxy) is 1. The van der Waals surface area contributed by atoms with Gasteiger partial charge in [0, 0.05) is 6.07 Å². The van der Waals surface area contributed by atoms with Crippen molar-refractivity contribution in [2.45, 2.75) is 31.1 Å². The van der Waals surface area contributed by atoms with Gasteiger partial charge in [0.2, 0.25) is 0 Å². The Morgan fingerprint density at radius 2 is 2.17 bits per heavy atom. The molecule has 1 fully saturated rings. The van der Waals surface area contributed by atoms with Gasteiger partial charge in [-0.2, -0.15) is 0 Å². The molecule has 8 nitrogen and oxygen atoms in total. The van der Waals surface area contributed by atoms with Gasteiger partial charge in [-0.15, -0.1) is 5.10 Å². The molecule has 0 aromatic carbocycles. The SMILES string of the molecule is O=c1ccc2nnn3c2n1[C@H]1O[C@H](C3)C(O)C1O. The molecule has 4 rings (SSSR count). The van der Waals surface area contributed by atoms with Gasteiger partial charge in [0.15, 0.2) is 11.9 Å². The summed E-state index contributed by atoms with van der Waals surface area (Å²) in [6.45, 7) is 0.259. The maximum atomic E-state index is 12.0. The van der Waals surface area contributed by atoms with Crippen molar-refractivity contribution in [3.05, 3.63) is 22.5 Å². The standard InChI is InChI=1S/C10H10N4O4/c15-6-2-1-4-9-13(12-11-4)3-5-7(16)8(17)10(18-5)14(6)9/h1-2,5,7-8,10,16-17H,3H2/t5-,7?,8?,10+/m1/s1. The second kappa shape index (κ2) is 3.16. The first kappa shape index (κ1) is 10.2. The lowest BCUT2D eigenvalue weighted by atomic mass is 10.1. The maximum Gasteiger partial charge on any atom is 0.254 e. The van der Waals surface area contributed by atoms with Gasteiger partial charge in [0.05, 0.1) is 6.54 Å². The van der Waals surface area contributed by atoms with Crippen LogP contribution in [0.4, 0.5) is 0 Å². The summed E-state index contributed by atoms with van der Waals surface area (Å²) in [6, 6.07) is 2.93. The van der Waals surface area contributed by atoms with Crippen LogP contribution in [-0.4, -0.2) is 48.1 Å². The average molecular weight is 250 g/mol. The molecule has 2 aliphatic rings. The Labute approximate surface area is 100 Å². The molecule has 2 aromatic heterocycles. The zero-order chi connectivity index (χ0) is 12.4. The summed E-state index contributed by atoms with van der Waals surface area (Å²) in [6.07, 6.45) is -3.63. The fourth-order valence-corrected chi connectivity index (χ4v) is 2.64. The van der Waals surface area contributed by atoms with Crippen molar-refractivity contribution in [2.75, 3.05) is 0 Å². The predicted molar refractivity (Wildman–Crippen MR) is 57.7 cm³/mol. The van der Waals surface area contributed by atoms with Crippen LogP contribution in [0.1, 0.15) is 6.23 Å². The lowest BCUT2D eigenvalue weighted by Crippen LogP contribution is -2.38.